The molecule has 2 N–H and O–H groups in total. The molecule has 0 bridgehead atoms. The van der Waals surface area contributed by atoms with E-state index in [1.165, 1.54) is 38.5 Å². The topological polar surface area (TPSA) is 74.8 Å². The van der Waals surface area contributed by atoms with Crippen LogP contribution in [-0.4, -0.2) is 22.9 Å². The van der Waals surface area contributed by atoms with Gasteiger partial charge in [0, 0.05) is 30.9 Å². The largest absolute Gasteiger partial charge is 0.358 e. The number of aromatic amines is 1. The third-order valence-corrected chi connectivity index (χ3v) is 6.94. The number of carbonyl (C=O) groups is 1. The first kappa shape index (κ1) is 19.2. The Morgan fingerprint density at radius 2 is 1.96 bits per heavy atom. The van der Waals surface area contributed by atoms with Crippen molar-refractivity contribution >= 4 is 16.8 Å². The number of carbonyl (C=O) groups excluding carboxylic acids is 1. The van der Waals surface area contributed by atoms with Gasteiger partial charge in [0.05, 0.1) is 10.9 Å². The number of H-pyrrole nitrogens is 1. The molecular formula is C23H31N3O2. The van der Waals surface area contributed by atoms with E-state index >= 15 is 0 Å². The summed E-state index contributed by atoms with van der Waals surface area (Å²) in [7, 11) is 1.56. The summed E-state index contributed by atoms with van der Waals surface area (Å²) in [4.78, 5) is 32.8. The van der Waals surface area contributed by atoms with Crippen molar-refractivity contribution in [2.75, 3.05) is 7.05 Å². The number of amides is 1. The SMILES string of the molecule is CNC(=O)c1nccc2[nH]c([C@@H]3CC(C)(C)C[C@H]3C3CCCCC3)cc(=O)c12. The Bertz CT molecular complexity index is 941. The van der Waals surface area contributed by atoms with Crippen LogP contribution in [0.25, 0.3) is 10.9 Å². The molecule has 2 heterocycles. The lowest BCUT2D eigenvalue weighted by molar-refractivity contribution is 0.0960. The molecule has 0 aromatic carbocycles. The normalized spacial score (nSPS) is 25.1. The minimum atomic E-state index is -0.328. The number of rotatable bonds is 3. The van der Waals surface area contributed by atoms with Crippen molar-refractivity contribution < 1.29 is 4.79 Å². The Morgan fingerprint density at radius 3 is 2.68 bits per heavy atom. The van der Waals surface area contributed by atoms with E-state index in [0.717, 1.165) is 18.0 Å². The summed E-state index contributed by atoms with van der Waals surface area (Å²) in [6.07, 6.45) is 10.6. The number of hydrogen-bond donors (Lipinski definition) is 2. The van der Waals surface area contributed by atoms with Crippen LogP contribution in [0.2, 0.25) is 0 Å². The van der Waals surface area contributed by atoms with E-state index in [1.807, 2.05) is 6.07 Å². The van der Waals surface area contributed by atoms with Crippen LogP contribution in [0.15, 0.2) is 23.1 Å². The van der Waals surface area contributed by atoms with Gasteiger partial charge < -0.3 is 10.3 Å². The highest BCUT2D eigenvalue weighted by atomic mass is 16.2. The Hall–Kier alpha value is -2.17. The molecule has 1 amide bonds. The maximum Gasteiger partial charge on any atom is 0.270 e. The van der Waals surface area contributed by atoms with Gasteiger partial charge in [-0.1, -0.05) is 46.0 Å². The van der Waals surface area contributed by atoms with E-state index in [-0.39, 0.29) is 17.0 Å². The maximum absolute atomic E-state index is 13.0. The standard InChI is InChI=1S/C23H31N3O2/c1-23(2)12-15(14-7-5-4-6-8-14)16(13-23)18-11-19(27)20-17(26-18)9-10-25-21(20)22(28)24-3/h9-11,14-16H,4-8,12-13H2,1-3H3,(H,24,28)(H,26,27)/t15-,16+/m0/s1. The number of aromatic nitrogens is 2. The second-order valence-corrected chi connectivity index (χ2v) is 9.49. The van der Waals surface area contributed by atoms with Gasteiger partial charge in [0.15, 0.2) is 5.43 Å². The molecule has 0 unspecified atom stereocenters. The highest BCUT2D eigenvalue weighted by Gasteiger charge is 2.44. The van der Waals surface area contributed by atoms with Gasteiger partial charge in [-0.15, -0.1) is 0 Å². The van der Waals surface area contributed by atoms with Crippen LogP contribution >= 0.6 is 0 Å². The van der Waals surface area contributed by atoms with Gasteiger partial charge in [-0.3, -0.25) is 14.6 Å². The van der Waals surface area contributed by atoms with Crippen LogP contribution in [0, 0.1) is 17.3 Å². The van der Waals surface area contributed by atoms with Gasteiger partial charge in [-0.2, -0.15) is 0 Å². The van der Waals surface area contributed by atoms with Crippen LogP contribution < -0.4 is 10.7 Å². The fraction of sp³-hybridized carbons (Fsp3) is 0.609. The molecule has 2 aliphatic carbocycles. The fourth-order valence-electron chi connectivity index (χ4n) is 5.72. The maximum atomic E-state index is 13.0. The Morgan fingerprint density at radius 1 is 1.21 bits per heavy atom. The van der Waals surface area contributed by atoms with E-state index < -0.39 is 0 Å². The predicted octanol–water partition coefficient (Wildman–Crippen LogP) is 4.38. The van der Waals surface area contributed by atoms with Gasteiger partial charge in [0.2, 0.25) is 0 Å². The molecule has 5 nitrogen and oxygen atoms in total. The molecule has 2 aliphatic rings. The highest BCUT2D eigenvalue weighted by Crippen LogP contribution is 2.54. The molecule has 2 aromatic rings. The average Bonchev–Trinajstić information content (AvgIpc) is 3.03. The van der Waals surface area contributed by atoms with Crippen molar-refractivity contribution in [2.24, 2.45) is 17.3 Å². The minimum Gasteiger partial charge on any atom is -0.358 e. The van der Waals surface area contributed by atoms with Crippen LogP contribution in [0.5, 0.6) is 0 Å². The molecule has 2 saturated carbocycles. The van der Waals surface area contributed by atoms with Gasteiger partial charge in [-0.25, -0.2) is 0 Å². The lowest BCUT2D eigenvalue weighted by Crippen LogP contribution is -2.24. The third-order valence-electron chi connectivity index (χ3n) is 6.94. The molecule has 0 saturated heterocycles. The molecule has 5 heteroatoms. The summed E-state index contributed by atoms with van der Waals surface area (Å²) in [5.41, 5.74) is 2.13. The number of fused-ring (bicyclic) bond motifs is 1. The summed E-state index contributed by atoms with van der Waals surface area (Å²) in [6.45, 7) is 4.71. The number of nitrogens with one attached hydrogen (secondary N) is 2. The Balaban J connectivity index is 1.77. The average molecular weight is 382 g/mol. The van der Waals surface area contributed by atoms with Crippen molar-refractivity contribution in [1.29, 1.82) is 0 Å². The van der Waals surface area contributed by atoms with E-state index in [1.54, 1.807) is 19.3 Å². The molecule has 0 aliphatic heterocycles. The van der Waals surface area contributed by atoms with Gasteiger partial charge in [0.25, 0.3) is 5.91 Å². The van der Waals surface area contributed by atoms with Crippen LogP contribution in [-0.2, 0) is 0 Å². The van der Waals surface area contributed by atoms with Gasteiger partial charge >= 0.3 is 0 Å². The molecular weight excluding hydrogens is 350 g/mol. The van der Waals surface area contributed by atoms with Crippen molar-refractivity contribution in [1.82, 2.24) is 15.3 Å². The molecule has 4 rings (SSSR count). The second-order valence-electron chi connectivity index (χ2n) is 9.49. The predicted molar refractivity (Wildman–Crippen MR) is 112 cm³/mol. The molecule has 2 fully saturated rings. The fourth-order valence-corrected chi connectivity index (χ4v) is 5.72. The molecule has 2 atom stereocenters. The summed E-state index contributed by atoms with van der Waals surface area (Å²) < 4.78 is 0. The number of nitrogens with zero attached hydrogens (tertiary/aromatic N) is 1. The quantitative estimate of drug-likeness (QED) is 0.828. The van der Waals surface area contributed by atoms with Crippen molar-refractivity contribution in [3.8, 4) is 0 Å². The zero-order chi connectivity index (χ0) is 19.9. The lowest BCUT2D eigenvalue weighted by atomic mass is 9.74. The first-order valence-corrected chi connectivity index (χ1v) is 10.6. The Kier molecular flexibility index (Phi) is 5.02. The van der Waals surface area contributed by atoms with Gasteiger partial charge in [-0.05, 0) is 36.2 Å². The minimum absolute atomic E-state index is 0.109. The summed E-state index contributed by atoms with van der Waals surface area (Å²) >= 11 is 0. The molecule has 28 heavy (non-hydrogen) atoms. The van der Waals surface area contributed by atoms with E-state index in [9.17, 15) is 9.59 Å². The highest BCUT2D eigenvalue weighted by molar-refractivity contribution is 6.04. The first-order chi connectivity index (χ1) is 13.4. The van der Waals surface area contributed by atoms with E-state index in [0.29, 0.717) is 28.2 Å². The summed E-state index contributed by atoms with van der Waals surface area (Å²) in [6, 6.07) is 3.54. The number of pyridine rings is 2. The molecule has 0 radical (unpaired) electrons. The zero-order valence-corrected chi connectivity index (χ0v) is 17.2. The number of hydrogen-bond acceptors (Lipinski definition) is 3. The molecule has 0 spiro atoms. The third kappa shape index (κ3) is 3.47. The van der Waals surface area contributed by atoms with Crippen LogP contribution in [0.4, 0.5) is 0 Å². The Labute approximate surface area is 166 Å². The lowest BCUT2D eigenvalue weighted by Gasteiger charge is -2.32. The van der Waals surface area contributed by atoms with Crippen molar-refractivity contribution in [2.45, 2.75) is 64.7 Å². The van der Waals surface area contributed by atoms with Gasteiger partial charge in [0.1, 0.15) is 5.69 Å². The smallest absolute Gasteiger partial charge is 0.270 e. The second kappa shape index (κ2) is 7.34. The van der Waals surface area contributed by atoms with Crippen molar-refractivity contribution in [3.63, 3.8) is 0 Å². The van der Waals surface area contributed by atoms with E-state index in [4.69, 9.17) is 0 Å². The molecule has 2 aromatic heterocycles. The van der Waals surface area contributed by atoms with Crippen LogP contribution in [0.3, 0.4) is 0 Å². The zero-order valence-electron chi connectivity index (χ0n) is 17.2. The summed E-state index contributed by atoms with van der Waals surface area (Å²) in [5.74, 6) is 1.44. The first-order valence-electron chi connectivity index (χ1n) is 10.6. The molecule has 150 valence electrons. The van der Waals surface area contributed by atoms with E-state index in [2.05, 4.69) is 29.1 Å². The summed E-state index contributed by atoms with van der Waals surface area (Å²) in [5, 5.41) is 2.96. The monoisotopic (exact) mass is 381 g/mol. The van der Waals surface area contributed by atoms with Crippen LogP contribution in [0.1, 0.15) is 80.9 Å². The van der Waals surface area contributed by atoms with Crippen molar-refractivity contribution in [3.05, 3.63) is 39.9 Å².